The lowest BCUT2D eigenvalue weighted by Gasteiger charge is -2.24. The molecular formula is C20H25ClFNO4S. The lowest BCUT2D eigenvalue weighted by atomic mass is 10.0. The highest BCUT2D eigenvalue weighted by atomic mass is 35.5. The Labute approximate surface area is 170 Å². The highest BCUT2D eigenvalue weighted by Gasteiger charge is 2.25. The van der Waals surface area contributed by atoms with Crippen LogP contribution in [0.3, 0.4) is 0 Å². The SMILES string of the molecule is COc1ccc(CN(CCC(C)CCO)S(=O)(=O)c2ccc(Cl)cc2)cc1F. The number of sulfonamides is 1. The van der Waals surface area contributed by atoms with E-state index in [-0.39, 0.29) is 36.3 Å². The standard InChI is InChI=1S/C20H25ClFNO4S/c1-15(10-12-24)9-11-23(14-16-3-8-20(27-2)19(22)13-16)28(25,26)18-6-4-17(21)5-7-18/h3-8,13,15,24H,9-12,14H2,1-2H3. The van der Waals surface area contributed by atoms with Gasteiger partial charge in [-0.1, -0.05) is 24.6 Å². The number of nitrogens with zero attached hydrogens (tertiary/aromatic N) is 1. The molecule has 0 aliphatic rings. The predicted octanol–water partition coefficient (Wildman–Crippen LogP) is 4.09. The van der Waals surface area contributed by atoms with Gasteiger partial charge in [0.15, 0.2) is 11.6 Å². The molecular weight excluding hydrogens is 405 g/mol. The van der Waals surface area contributed by atoms with Gasteiger partial charge in [-0.15, -0.1) is 0 Å². The van der Waals surface area contributed by atoms with Crippen molar-refractivity contribution in [3.05, 3.63) is 58.9 Å². The lowest BCUT2D eigenvalue weighted by molar-refractivity contribution is 0.251. The van der Waals surface area contributed by atoms with Gasteiger partial charge in [-0.2, -0.15) is 4.31 Å². The van der Waals surface area contributed by atoms with Crippen LogP contribution in [0.5, 0.6) is 5.75 Å². The molecule has 2 aromatic carbocycles. The van der Waals surface area contributed by atoms with Crippen LogP contribution in [0, 0.1) is 11.7 Å². The van der Waals surface area contributed by atoms with Gasteiger partial charge in [0.2, 0.25) is 10.0 Å². The van der Waals surface area contributed by atoms with Crippen molar-refractivity contribution in [2.75, 3.05) is 20.3 Å². The minimum absolute atomic E-state index is 0.0255. The Morgan fingerprint density at radius 1 is 1.18 bits per heavy atom. The van der Waals surface area contributed by atoms with Crippen molar-refractivity contribution in [2.45, 2.75) is 31.2 Å². The second kappa shape index (κ2) is 10.2. The highest BCUT2D eigenvalue weighted by molar-refractivity contribution is 7.89. The van der Waals surface area contributed by atoms with E-state index in [4.69, 9.17) is 21.4 Å². The molecule has 2 rings (SSSR count). The van der Waals surface area contributed by atoms with E-state index in [1.54, 1.807) is 6.07 Å². The quantitative estimate of drug-likeness (QED) is 0.617. The number of halogens is 2. The van der Waals surface area contributed by atoms with Gasteiger partial charge in [-0.05, 0) is 60.7 Å². The molecule has 0 amide bonds. The minimum atomic E-state index is -3.80. The molecule has 2 aromatic rings. The summed E-state index contributed by atoms with van der Waals surface area (Å²) in [5, 5.41) is 9.53. The number of hydrogen-bond acceptors (Lipinski definition) is 4. The molecule has 0 radical (unpaired) electrons. The van der Waals surface area contributed by atoms with Crippen LogP contribution in [0.4, 0.5) is 4.39 Å². The van der Waals surface area contributed by atoms with Crippen LogP contribution in [0.25, 0.3) is 0 Å². The summed E-state index contributed by atoms with van der Waals surface area (Å²) in [6.45, 7) is 2.28. The van der Waals surface area contributed by atoms with Crippen molar-refractivity contribution in [3.63, 3.8) is 0 Å². The molecule has 0 spiro atoms. The Morgan fingerprint density at radius 3 is 2.43 bits per heavy atom. The van der Waals surface area contributed by atoms with Crippen molar-refractivity contribution < 1.29 is 22.7 Å². The van der Waals surface area contributed by atoms with Crippen LogP contribution in [-0.4, -0.2) is 38.1 Å². The third-order valence-corrected chi connectivity index (χ3v) is 6.63. The van der Waals surface area contributed by atoms with Crippen molar-refractivity contribution in [3.8, 4) is 5.75 Å². The minimum Gasteiger partial charge on any atom is -0.494 e. The van der Waals surface area contributed by atoms with Gasteiger partial charge in [0.25, 0.3) is 0 Å². The van der Waals surface area contributed by atoms with Gasteiger partial charge in [-0.25, -0.2) is 12.8 Å². The van der Waals surface area contributed by atoms with Gasteiger partial charge >= 0.3 is 0 Å². The molecule has 0 heterocycles. The summed E-state index contributed by atoms with van der Waals surface area (Å²) in [6, 6.07) is 10.4. The second-order valence-corrected chi connectivity index (χ2v) is 9.04. The average Bonchev–Trinajstić information content (AvgIpc) is 2.65. The lowest BCUT2D eigenvalue weighted by Crippen LogP contribution is -2.32. The van der Waals surface area contributed by atoms with Gasteiger partial charge in [0, 0.05) is 24.7 Å². The highest BCUT2D eigenvalue weighted by Crippen LogP contribution is 2.24. The molecule has 1 N–H and O–H groups in total. The third-order valence-electron chi connectivity index (χ3n) is 4.52. The average molecular weight is 430 g/mol. The number of aliphatic hydroxyl groups excluding tert-OH is 1. The monoisotopic (exact) mass is 429 g/mol. The van der Waals surface area contributed by atoms with Gasteiger partial charge < -0.3 is 9.84 Å². The Hall–Kier alpha value is -1.67. The third kappa shape index (κ3) is 5.91. The molecule has 154 valence electrons. The zero-order valence-electron chi connectivity index (χ0n) is 15.9. The maximum absolute atomic E-state index is 14.0. The zero-order valence-corrected chi connectivity index (χ0v) is 17.5. The van der Waals surface area contributed by atoms with Crippen molar-refractivity contribution in [2.24, 2.45) is 5.92 Å². The van der Waals surface area contributed by atoms with E-state index in [9.17, 15) is 12.8 Å². The first kappa shape index (κ1) is 22.6. The Balaban J connectivity index is 2.30. The number of aliphatic hydroxyl groups is 1. The van der Waals surface area contributed by atoms with E-state index < -0.39 is 15.8 Å². The maximum atomic E-state index is 14.0. The summed E-state index contributed by atoms with van der Waals surface area (Å²) < 4.78 is 46.6. The Morgan fingerprint density at radius 2 is 1.86 bits per heavy atom. The molecule has 0 saturated carbocycles. The Kier molecular flexibility index (Phi) is 8.24. The number of ether oxygens (including phenoxy) is 1. The summed E-state index contributed by atoms with van der Waals surface area (Å²) in [5.41, 5.74) is 0.519. The molecule has 0 bridgehead atoms. The molecule has 0 aliphatic carbocycles. The molecule has 5 nitrogen and oxygen atoms in total. The van der Waals surface area contributed by atoms with Crippen molar-refractivity contribution in [1.29, 1.82) is 0 Å². The summed E-state index contributed by atoms with van der Waals surface area (Å²) >= 11 is 5.87. The van der Waals surface area contributed by atoms with Crippen LogP contribution >= 0.6 is 11.6 Å². The van der Waals surface area contributed by atoms with E-state index >= 15 is 0 Å². The molecule has 0 aliphatic heterocycles. The molecule has 0 fully saturated rings. The normalized spacial score (nSPS) is 12.9. The molecule has 28 heavy (non-hydrogen) atoms. The topological polar surface area (TPSA) is 66.8 Å². The first-order valence-electron chi connectivity index (χ1n) is 8.97. The number of benzene rings is 2. The van der Waals surface area contributed by atoms with Gasteiger partial charge in [0.1, 0.15) is 0 Å². The smallest absolute Gasteiger partial charge is 0.243 e. The second-order valence-electron chi connectivity index (χ2n) is 6.67. The van der Waals surface area contributed by atoms with Crippen LogP contribution < -0.4 is 4.74 Å². The summed E-state index contributed by atoms with van der Waals surface area (Å²) in [4.78, 5) is 0.126. The largest absolute Gasteiger partial charge is 0.494 e. The van der Waals surface area contributed by atoms with E-state index in [1.807, 2.05) is 6.92 Å². The van der Waals surface area contributed by atoms with Crippen LogP contribution in [-0.2, 0) is 16.6 Å². The number of rotatable bonds is 10. The van der Waals surface area contributed by atoms with E-state index in [2.05, 4.69) is 0 Å². The van der Waals surface area contributed by atoms with Crippen LogP contribution in [0.15, 0.2) is 47.4 Å². The molecule has 1 atom stereocenters. The van der Waals surface area contributed by atoms with E-state index in [0.717, 1.165) is 0 Å². The molecule has 0 saturated heterocycles. The molecule has 1 unspecified atom stereocenters. The first-order chi connectivity index (χ1) is 13.3. The number of hydrogen-bond donors (Lipinski definition) is 1. The first-order valence-corrected chi connectivity index (χ1v) is 10.8. The summed E-state index contributed by atoms with van der Waals surface area (Å²) in [5.74, 6) is -0.287. The zero-order chi connectivity index (χ0) is 20.7. The van der Waals surface area contributed by atoms with Crippen molar-refractivity contribution in [1.82, 2.24) is 4.31 Å². The molecule has 8 heteroatoms. The van der Waals surface area contributed by atoms with Crippen LogP contribution in [0.1, 0.15) is 25.3 Å². The van der Waals surface area contributed by atoms with Gasteiger partial charge in [0.05, 0.1) is 12.0 Å². The van der Waals surface area contributed by atoms with Crippen molar-refractivity contribution >= 4 is 21.6 Å². The van der Waals surface area contributed by atoms with Crippen LogP contribution in [0.2, 0.25) is 5.02 Å². The maximum Gasteiger partial charge on any atom is 0.243 e. The fourth-order valence-corrected chi connectivity index (χ4v) is 4.35. The van der Waals surface area contributed by atoms with E-state index in [0.29, 0.717) is 23.4 Å². The fourth-order valence-electron chi connectivity index (χ4n) is 2.78. The fraction of sp³-hybridized carbons (Fsp3) is 0.400. The number of methoxy groups -OCH3 is 1. The molecule has 0 aromatic heterocycles. The predicted molar refractivity (Wildman–Crippen MR) is 107 cm³/mol. The van der Waals surface area contributed by atoms with E-state index in [1.165, 1.54) is 47.8 Å². The summed E-state index contributed by atoms with van der Waals surface area (Å²) in [7, 11) is -2.42. The summed E-state index contributed by atoms with van der Waals surface area (Å²) in [6.07, 6.45) is 1.16. The van der Waals surface area contributed by atoms with Gasteiger partial charge in [-0.3, -0.25) is 0 Å². The Bertz CT molecular complexity index is 874.